The van der Waals surface area contributed by atoms with Gasteiger partial charge in [0.2, 0.25) is 0 Å². The van der Waals surface area contributed by atoms with E-state index < -0.39 is 0 Å². The quantitative estimate of drug-likeness (QED) is 0.572. The van der Waals surface area contributed by atoms with Gasteiger partial charge in [0.05, 0.1) is 0 Å². The van der Waals surface area contributed by atoms with Gasteiger partial charge in [-0.2, -0.15) is 0 Å². The Bertz CT molecular complexity index is 705. The summed E-state index contributed by atoms with van der Waals surface area (Å²) in [5, 5.41) is 1.75. The molecule has 0 radical (unpaired) electrons. The van der Waals surface area contributed by atoms with Crippen LogP contribution in [0.25, 0.3) is 21.9 Å². The van der Waals surface area contributed by atoms with E-state index in [1.54, 1.807) is 0 Å². The third-order valence-electron chi connectivity index (χ3n) is 2.53. The summed E-state index contributed by atoms with van der Waals surface area (Å²) in [5.74, 6) is -0.343. The van der Waals surface area contributed by atoms with Gasteiger partial charge in [0.25, 0.3) is 0 Å². The van der Waals surface area contributed by atoms with Gasteiger partial charge >= 0.3 is 108 Å². The van der Waals surface area contributed by atoms with Crippen molar-refractivity contribution in [1.82, 2.24) is 0 Å². The predicted octanol–water partition coefficient (Wildman–Crippen LogP) is 3.01. The van der Waals surface area contributed by atoms with Crippen LogP contribution >= 0.6 is 15.9 Å². The van der Waals surface area contributed by atoms with Crippen molar-refractivity contribution in [2.75, 3.05) is 0 Å². The molecular weight excluding hydrogens is 338 g/mol. The van der Waals surface area contributed by atoms with Crippen LogP contribution in [-0.4, -0.2) is 16.0 Å². The topological polar surface area (TPSA) is 13.1 Å². The van der Waals surface area contributed by atoms with E-state index in [0.717, 1.165) is 15.2 Å². The molecular formula is C12H6BrFOSe. The Labute approximate surface area is 108 Å². The number of benzene rings is 2. The molecule has 0 fully saturated rings. The summed E-state index contributed by atoms with van der Waals surface area (Å²) in [6.07, 6.45) is 0. The molecule has 1 aromatic heterocycles. The van der Waals surface area contributed by atoms with Crippen molar-refractivity contribution >= 4 is 58.3 Å². The Hall–Kier alpha value is -0.831. The first-order valence-corrected chi connectivity index (χ1v) is 6.40. The summed E-state index contributed by atoms with van der Waals surface area (Å²) in [4.78, 5) is 0. The monoisotopic (exact) mass is 344 g/mol. The van der Waals surface area contributed by atoms with E-state index in [1.807, 2.05) is 30.3 Å². The molecule has 0 aliphatic rings. The summed E-state index contributed by atoms with van der Waals surface area (Å²) in [7, 11) is 0. The number of halogens is 2. The van der Waals surface area contributed by atoms with E-state index >= 15 is 0 Å². The Morgan fingerprint density at radius 1 is 1.19 bits per heavy atom. The van der Waals surface area contributed by atoms with Gasteiger partial charge in [-0.3, -0.25) is 0 Å². The van der Waals surface area contributed by atoms with Crippen molar-refractivity contribution in [3.8, 4) is 0 Å². The van der Waals surface area contributed by atoms with Crippen LogP contribution in [0.1, 0.15) is 0 Å². The van der Waals surface area contributed by atoms with E-state index in [9.17, 15) is 4.39 Å². The molecule has 1 heterocycles. The molecule has 0 unspecified atom stereocenters. The number of rotatable bonds is 0. The zero-order valence-electron chi connectivity index (χ0n) is 8.00. The molecule has 0 atom stereocenters. The van der Waals surface area contributed by atoms with Crippen LogP contribution in [0.4, 0.5) is 4.39 Å². The zero-order valence-corrected chi connectivity index (χ0v) is 11.5. The van der Waals surface area contributed by atoms with Crippen molar-refractivity contribution in [3.05, 3.63) is 40.6 Å². The summed E-state index contributed by atoms with van der Waals surface area (Å²) < 4.78 is 20.7. The Kier molecular flexibility index (Phi) is 2.32. The summed E-state index contributed by atoms with van der Waals surface area (Å²) in [6.45, 7) is 0. The maximum atomic E-state index is 13.9. The van der Waals surface area contributed by atoms with Crippen molar-refractivity contribution in [2.24, 2.45) is 0 Å². The molecule has 1 nitrogen and oxygen atoms in total. The van der Waals surface area contributed by atoms with E-state index in [0.29, 0.717) is 15.6 Å². The van der Waals surface area contributed by atoms with Crippen LogP contribution in [0, 0.1) is 5.82 Å². The number of fused-ring (bicyclic) bond motifs is 3. The van der Waals surface area contributed by atoms with E-state index in [2.05, 4.69) is 31.9 Å². The Balaban J connectivity index is 2.60. The number of para-hydroxylation sites is 1. The van der Waals surface area contributed by atoms with Crippen LogP contribution in [0.2, 0.25) is 0 Å². The SMILES string of the molecule is Fc1c(Br)c([SeH])cc2c1oc1ccccc12. The van der Waals surface area contributed by atoms with Gasteiger partial charge in [0, 0.05) is 0 Å². The van der Waals surface area contributed by atoms with E-state index in [-0.39, 0.29) is 5.82 Å². The summed E-state index contributed by atoms with van der Waals surface area (Å²) in [5.41, 5.74) is 1.02. The van der Waals surface area contributed by atoms with Crippen molar-refractivity contribution in [2.45, 2.75) is 0 Å². The van der Waals surface area contributed by atoms with Crippen molar-refractivity contribution < 1.29 is 8.81 Å². The fourth-order valence-corrected chi connectivity index (χ4v) is 2.56. The number of hydrogen-bond acceptors (Lipinski definition) is 1. The second kappa shape index (κ2) is 3.59. The first-order chi connectivity index (χ1) is 7.68. The molecule has 16 heavy (non-hydrogen) atoms. The first-order valence-electron chi connectivity index (χ1n) is 4.66. The minimum absolute atomic E-state index is 0.308. The van der Waals surface area contributed by atoms with Gasteiger partial charge in [0.1, 0.15) is 0 Å². The molecule has 2 aromatic carbocycles. The standard InChI is InChI=1S/C12H6BrFOSe/c13-10-9(16)5-7-6-3-1-2-4-8(6)15-12(7)11(10)14/h1-5,16H. The molecule has 0 bridgehead atoms. The molecule has 80 valence electrons. The third kappa shape index (κ3) is 1.34. The van der Waals surface area contributed by atoms with E-state index in [1.165, 1.54) is 0 Å². The Morgan fingerprint density at radius 3 is 2.75 bits per heavy atom. The molecule has 0 N–H and O–H groups in total. The zero-order chi connectivity index (χ0) is 11.3. The first kappa shape index (κ1) is 10.3. The van der Waals surface area contributed by atoms with Crippen molar-refractivity contribution in [1.29, 1.82) is 0 Å². The Morgan fingerprint density at radius 2 is 1.94 bits per heavy atom. The fraction of sp³-hybridized carbons (Fsp3) is 0. The maximum absolute atomic E-state index is 13.9. The average Bonchev–Trinajstić information content (AvgIpc) is 2.65. The third-order valence-corrected chi connectivity index (χ3v) is 4.71. The summed E-state index contributed by atoms with van der Waals surface area (Å²) in [6, 6.07) is 9.48. The van der Waals surface area contributed by atoms with Crippen LogP contribution in [0.5, 0.6) is 0 Å². The van der Waals surface area contributed by atoms with Gasteiger partial charge in [0.15, 0.2) is 0 Å². The van der Waals surface area contributed by atoms with Crippen LogP contribution < -0.4 is 4.46 Å². The molecule has 0 spiro atoms. The van der Waals surface area contributed by atoms with Gasteiger partial charge in [-0.1, -0.05) is 0 Å². The second-order valence-electron chi connectivity index (χ2n) is 3.50. The van der Waals surface area contributed by atoms with Gasteiger partial charge < -0.3 is 0 Å². The molecule has 0 saturated heterocycles. The van der Waals surface area contributed by atoms with Crippen molar-refractivity contribution in [3.63, 3.8) is 0 Å². The van der Waals surface area contributed by atoms with E-state index in [4.69, 9.17) is 4.42 Å². The second-order valence-corrected chi connectivity index (χ2v) is 5.30. The fourth-order valence-electron chi connectivity index (χ4n) is 1.78. The molecule has 0 aliphatic carbocycles. The van der Waals surface area contributed by atoms with Gasteiger partial charge in [-0.05, 0) is 0 Å². The number of furan rings is 1. The van der Waals surface area contributed by atoms with Crippen LogP contribution in [-0.2, 0) is 0 Å². The predicted molar refractivity (Wildman–Crippen MR) is 68.2 cm³/mol. The number of hydrogen-bond donors (Lipinski definition) is 0. The minimum atomic E-state index is -0.343. The van der Waals surface area contributed by atoms with Gasteiger partial charge in [-0.15, -0.1) is 0 Å². The average molecular weight is 344 g/mol. The van der Waals surface area contributed by atoms with Crippen LogP contribution in [0.3, 0.4) is 0 Å². The molecule has 0 amide bonds. The molecule has 0 saturated carbocycles. The van der Waals surface area contributed by atoms with Gasteiger partial charge in [-0.25, -0.2) is 0 Å². The molecule has 3 rings (SSSR count). The molecule has 0 aliphatic heterocycles. The normalized spacial score (nSPS) is 11.4. The molecule has 3 aromatic rings. The summed E-state index contributed by atoms with van der Waals surface area (Å²) >= 11 is 5.56. The van der Waals surface area contributed by atoms with Crippen LogP contribution in [0.15, 0.2) is 39.2 Å². The molecule has 4 heteroatoms.